The minimum absolute atomic E-state index is 0.218. The van der Waals surface area contributed by atoms with E-state index in [-0.39, 0.29) is 5.91 Å². The number of hydrogen-bond donors (Lipinski definition) is 1. The molecule has 0 radical (unpaired) electrons. The van der Waals surface area contributed by atoms with Crippen molar-refractivity contribution in [3.63, 3.8) is 0 Å². The molecule has 0 bridgehead atoms. The molecule has 0 aliphatic rings. The Morgan fingerprint density at radius 1 is 1.62 bits per heavy atom. The topological polar surface area (TPSA) is 54.9 Å². The van der Waals surface area contributed by atoms with Crippen LogP contribution in [0.15, 0.2) is 29.7 Å². The summed E-state index contributed by atoms with van der Waals surface area (Å²) in [6.45, 7) is 3.70. The largest absolute Gasteiger partial charge is 0.347 e. The zero-order valence-corrected chi connectivity index (χ0v) is 8.41. The molecule has 0 atom stereocenters. The van der Waals surface area contributed by atoms with Crippen molar-refractivity contribution in [2.45, 2.75) is 6.54 Å². The second kappa shape index (κ2) is 4.71. The zero-order valence-electron chi connectivity index (χ0n) is 6.83. The smallest absolute Gasteiger partial charge is 0.243 e. The van der Waals surface area contributed by atoms with Crippen molar-refractivity contribution >= 4 is 21.8 Å². The van der Waals surface area contributed by atoms with Gasteiger partial charge in [0.15, 0.2) is 0 Å². The van der Waals surface area contributed by atoms with Crippen molar-refractivity contribution in [1.29, 1.82) is 0 Å². The van der Waals surface area contributed by atoms with Crippen LogP contribution >= 0.6 is 15.9 Å². The molecule has 1 amide bonds. The Kier molecular flexibility index (Phi) is 3.57. The second-order valence-electron chi connectivity index (χ2n) is 2.25. The predicted octanol–water partition coefficient (Wildman–Crippen LogP) is 1.04. The van der Waals surface area contributed by atoms with Crippen molar-refractivity contribution in [2.24, 2.45) is 0 Å². The van der Waals surface area contributed by atoms with Crippen molar-refractivity contribution in [3.8, 4) is 0 Å². The van der Waals surface area contributed by atoms with Crippen LogP contribution in [0.25, 0.3) is 0 Å². The van der Waals surface area contributed by atoms with Gasteiger partial charge >= 0.3 is 0 Å². The molecular formula is C8H8BrN3O. The number of halogens is 1. The zero-order chi connectivity index (χ0) is 9.68. The molecule has 0 saturated heterocycles. The molecule has 0 aromatic carbocycles. The van der Waals surface area contributed by atoms with Crippen LogP contribution in [-0.2, 0) is 11.3 Å². The number of nitrogens with one attached hydrogen (secondary N) is 1. The van der Waals surface area contributed by atoms with Gasteiger partial charge in [-0.25, -0.2) is 4.98 Å². The highest BCUT2D eigenvalue weighted by atomic mass is 79.9. The van der Waals surface area contributed by atoms with Crippen LogP contribution in [0.5, 0.6) is 0 Å². The van der Waals surface area contributed by atoms with Gasteiger partial charge in [-0.05, 0) is 22.0 Å². The summed E-state index contributed by atoms with van der Waals surface area (Å²) in [7, 11) is 0. The highest BCUT2D eigenvalue weighted by Gasteiger charge is 1.97. The summed E-state index contributed by atoms with van der Waals surface area (Å²) < 4.78 is 0.672. The van der Waals surface area contributed by atoms with Gasteiger partial charge in [0.2, 0.25) is 5.91 Å². The normalized spacial score (nSPS) is 9.31. The highest BCUT2D eigenvalue weighted by Crippen LogP contribution is 2.02. The first-order valence-electron chi connectivity index (χ1n) is 3.59. The minimum atomic E-state index is -0.218. The first-order chi connectivity index (χ1) is 6.22. The van der Waals surface area contributed by atoms with E-state index in [9.17, 15) is 4.79 Å². The average Bonchev–Trinajstić information content (AvgIpc) is 2.16. The lowest BCUT2D eigenvalue weighted by atomic mass is 10.4. The summed E-state index contributed by atoms with van der Waals surface area (Å²) in [6, 6.07) is 0. The van der Waals surface area contributed by atoms with Gasteiger partial charge in [-0.2, -0.15) is 0 Å². The first kappa shape index (κ1) is 9.85. The SMILES string of the molecule is C=CC(=O)NCc1cnc(Br)cn1. The van der Waals surface area contributed by atoms with Crippen LogP contribution in [-0.4, -0.2) is 15.9 Å². The fourth-order valence-electron chi connectivity index (χ4n) is 0.680. The lowest BCUT2D eigenvalue weighted by Crippen LogP contribution is -2.20. The third kappa shape index (κ3) is 3.33. The number of rotatable bonds is 3. The fourth-order valence-corrected chi connectivity index (χ4v) is 0.885. The Morgan fingerprint density at radius 2 is 2.38 bits per heavy atom. The maximum Gasteiger partial charge on any atom is 0.243 e. The number of carbonyl (C=O) groups excluding carboxylic acids is 1. The summed E-state index contributed by atoms with van der Waals surface area (Å²) in [6.07, 6.45) is 4.38. The average molecular weight is 242 g/mol. The summed E-state index contributed by atoms with van der Waals surface area (Å²) >= 11 is 3.16. The first-order valence-corrected chi connectivity index (χ1v) is 4.38. The van der Waals surface area contributed by atoms with E-state index in [4.69, 9.17) is 0 Å². The van der Waals surface area contributed by atoms with Gasteiger partial charge in [0.1, 0.15) is 4.60 Å². The van der Waals surface area contributed by atoms with Crippen LogP contribution < -0.4 is 5.32 Å². The molecule has 0 aliphatic carbocycles. The van der Waals surface area contributed by atoms with E-state index >= 15 is 0 Å². The predicted molar refractivity (Wildman–Crippen MR) is 51.8 cm³/mol. The van der Waals surface area contributed by atoms with Gasteiger partial charge < -0.3 is 5.32 Å². The molecule has 1 rings (SSSR count). The van der Waals surface area contributed by atoms with Crippen molar-refractivity contribution in [1.82, 2.24) is 15.3 Å². The fraction of sp³-hybridized carbons (Fsp3) is 0.125. The van der Waals surface area contributed by atoms with Gasteiger partial charge in [-0.15, -0.1) is 0 Å². The van der Waals surface area contributed by atoms with Crippen molar-refractivity contribution in [3.05, 3.63) is 35.3 Å². The summed E-state index contributed by atoms with van der Waals surface area (Å²) in [5.41, 5.74) is 0.707. The third-order valence-electron chi connectivity index (χ3n) is 1.30. The van der Waals surface area contributed by atoms with E-state index < -0.39 is 0 Å². The van der Waals surface area contributed by atoms with Gasteiger partial charge in [0.05, 0.1) is 24.6 Å². The van der Waals surface area contributed by atoms with E-state index in [1.54, 1.807) is 12.4 Å². The maximum atomic E-state index is 10.8. The quantitative estimate of drug-likeness (QED) is 0.805. The molecule has 0 aliphatic heterocycles. The molecule has 0 spiro atoms. The molecule has 0 saturated carbocycles. The number of amides is 1. The molecule has 0 unspecified atom stereocenters. The van der Waals surface area contributed by atoms with E-state index in [0.29, 0.717) is 16.8 Å². The van der Waals surface area contributed by atoms with E-state index in [1.165, 1.54) is 6.08 Å². The van der Waals surface area contributed by atoms with Crippen LogP contribution in [0, 0.1) is 0 Å². The highest BCUT2D eigenvalue weighted by molar-refractivity contribution is 9.10. The van der Waals surface area contributed by atoms with Crippen LogP contribution in [0.4, 0.5) is 0 Å². The van der Waals surface area contributed by atoms with Gasteiger partial charge in [0, 0.05) is 0 Å². The lowest BCUT2D eigenvalue weighted by Gasteiger charge is -2.00. The second-order valence-corrected chi connectivity index (χ2v) is 3.06. The van der Waals surface area contributed by atoms with Crippen LogP contribution in [0.3, 0.4) is 0 Å². The molecule has 4 nitrogen and oxygen atoms in total. The summed E-state index contributed by atoms with van der Waals surface area (Å²) in [4.78, 5) is 18.8. The van der Waals surface area contributed by atoms with Crippen LogP contribution in [0.1, 0.15) is 5.69 Å². The Balaban J connectivity index is 2.50. The number of nitrogens with zero attached hydrogens (tertiary/aromatic N) is 2. The van der Waals surface area contributed by atoms with E-state index in [2.05, 4.69) is 37.8 Å². The van der Waals surface area contributed by atoms with Crippen molar-refractivity contribution in [2.75, 3.05) is 0 Å². The minimum Gasteiger partial charge on any atom is -0.347 e. The van der Waals surface area contributed by atoms with Crippen LogP contribution in [0.2, 0.25) is 0 Å². The molecule has 1 aromatic heterocycles. The summed E-state index contributed by atoms with van der Waals surface area (Å²) in [5, 5.41) is 2.59. The number of carbonyl (C=O) groups is 1. The molecule has 0 fully saturated rings. The lowest BCUT2D eigenvalue weighted by molar-refractivity contribution is -0.116. The molecule has 13 heavy (non-hydrogen) atoms. The molecule has 5 heteroatoms. The molecule has 68 valence electrons. The van der Waals surface area contributed by atoms with Gasteiger partial charge in [-0.3, -0.25) is 9.78 Å². The Hall–Kier alpha value is -1.23. The van der Waals surface area contributed by atoms with Gasteiger partial charge in [0.25, 0.3) is 0 Å². The molecule has 1 heterocycles. The van der Waals surface area contributed by atoms with E-state index in [0.717, 1.165) is 0 Å². The van der Waals surface area contributed by atoms with Crippen molar-refractivity contribution < 1.29 is 4.79 Å². The Bertz CT molecular complexity index is 310. The number of hydrogen-bond acceptors (Lipinski definition) is 3. The van der Waals surface area contributed by atoms with E-state index in [1.807, 2.05) is 0 Å². The Morgan fingerprint density at radius 3 is 2.92 bits per heavy atom. The standard InChI is InChI=1S/C8H8BrN3O/c1-2-8(13)12-4-6-3-11-7(9)5-10-6/h2-3,5H,1,4H2,(H,12,13). The molecular weight excluding hydrogens is 234 g/mol. The molecule has 1 N–H and O–H groups in total. The molecule has 1 aromatic rings. The third-order valence-corrected chi connectivity index (χ3v) is 1.71. The maximum absolute atomic E-state index is 10.8. The number of aromatic nitrogens is 2. The summed E-state index contributed by atoms with van der Waals surface area (Å²) in [5.74, 6) is -0.218. The van der Waals surface area contributed by atoms with Gasteiger partial charge in [-0.1, -0.05) is 6.58 Å². The monoisotopic (exact) mass is 241 g/mol. The Labute approximate surface area is 84.2 Å².